The van der Waals surface area contributed by atoms with Gasteiger partial charge in [-0.15, -0.1) is 0 Å². The molecule has 4 nitrogen and oxygen atoms in total. The summed E-state index contributed by atoms with van der Waals surface area (Å²) in [7, 11) is 0. The summed E-state index contributed by atoms with van der Waals surface area (Å²) < 4.78 is 0. The Morgan fingerprint density at radius 3 is 2.70 bits per heavy atom. The van der Waals surface area contributed by atoms with Crippen molar-refractivity contribution in [2.45, 2.75) is 19.8 Å². The van der Waals surface area contributed by atoms with Crippen LogP contribution >= 0.6 is 0 Å². The lowest BCUT2D eigenvalue weighted by molar-refractivity contribution is -0.121. The maximum Gasteiger partial charge on any atom is 0.240 e. The van der Waals surface area contributed by atoms with E-state index in [1.807, 2.05) is 61.5 Å². The summed E-state index contributed by atoms with van der Waals surface area (Å²) >= 11 is 0. The van der Waals surface area contributed by atoms with Gasteiger partial charge in [0.1, 0.15) is 0 Å². The van der Waals surface area contributed by atoms with E-state index in [0.717, 1.165) is 27.7 Å². The molecule has 0 aliphatic rings. The van der Waals surface area contributed by atoms with Crippen LogP contribution in [0.4, 0.5) is 0 Å². The molecule has 0 atom stereocenters. The van der Waals surface area contributed by atoms with Crippen LogP contribution in [0.1, 0.15) is 23.2 Å². The first-order valence-corrected chi connectivity index (χ1v) is 7.67. The zero-order valence-corrected chi connectivity index (χ0v) is 13.0. The number of hydrazone groups is 1. The second-order valence-electron chi connectivity index (χ2n) is 5.49. The van der Waals surface area contributed by atoms with Crippen molar-refractivity contribution in [1.82, 2.24) is 10.4 Å². The number of rotatable bonds is 5. The van der Waals surface area contributed by atoms with Crippen molar-refractivity contribution in [3.05, 3.63) is 71.4 Å². The minimum absolute atomic E-state index is 0.0809. The summed E-state index contributed by atoms with van der Waals surface area (Å²) in [6.45, 7) is 2.00. The average molecular weight is 305 g/mol. The summed E-state index contributed by atoms with van der Waals surface area (Å²) in [4.78, 5) is 15.2. The van der Waals surface area contributed by atoms with E-state index in [-0.39, 0.29) is 5.91 Å². The predicted octanol–water partition coefficient (Wildman–Crippen LogP) is 3.56. The molecule has 0 saturated heterocycles. The maximum absolute atomic E-state index is 11.9. The first-order valence-electron chi connectivity index (χ1n) is 7.67. The van der Waals surface area contributed by atoms with E-state index < -0.39 is 0 Å². The molecule has 1 aromatic heterocycles. The first kappa shape index (κ1) is 15.0. The lowest BCUT2D eigenvalue weighted by Crippen LogP contribution is -2.17. The molecule has 116 valence electrons. The minimum atomic E-state index is -0.0809. The highest BCUT2D eigenvalue weighted by Crippen LogP contribution is 2.19. The molecule has 0 aliphatic carbocycles. The van der Waals surface area contributed by atoms with E-state index in [1.165, 1.54) is 0 Å². The van der Waals surface area contributed by atoms with E-state index in [9.17, 15) is 4.79 Å². The molecule has 0 spiro atoms. The lowest BCUT2D eigenvalue weighted by atomic mass is 10.1. The molecule has 4 heteroatoms. The van der Waals surface area contributed by atoms with E-state index >= 15 is 0 Å². The summed E-state index contributed by atoms with van der Waals surface area (Å²) in [5, 5.41) is 5.20. The fourth-order valence-corrected chi connectivity index (χ4v) is 2.59. The number of hydrogen-bond acceptors (Lipinski definition) is 2. The number of nitrogens with zero attached hydrogens (tertiary/aromatic N) is 1. The monoisotopic (exact) mass is 305 g/mol. The molecule has 0 aliphatic heterocycles. The number of para-hydroxylation sites is 1. The molecule has 0 radical (unpaired) electrons. The smallest absolute Gasteiger partial charge is 0.240 e. The number of aromatic amines is 1. The number of fused-ring (bicyclic) bond motifs is 1. The predicted molar refractivity (Wildman–Crippen MR) is 93.5 cm³/mol. The highest BCUT2D eigenvalue weighted by Gasteiger charge is 2.05. The summed E-state index contributed by atoms with van der Waals surface area (Å²) in [5.74, 6) is -0.0809. The van der Waals surface area contributed by atoms with Gasteiger partial charge in [-0.2, -0.15) is 5.10 Å². The zero-order valence-electron chi connectivity index (χ0n) is 13.0. The third-order valence-electron chi connectivity index (χ3n) is 3.81. The number of aryl methyl sites for hydroxylation is 2. The van der Waals surface area contributed by atoms with Crippen LogP contribution in [0.15, 0.2) is 59.7 Å². The highest BCUT2D eigenvalue weighted by atomic mass is 16.2. The summed E-state index contributed by atoms with van der Waals surface area (Å²) in [6.07, 6.45) is 2.84. The number of carbonyl (C=O) groups is 1. The molecule has 0 unspecified atom stereocenters. The Morgan fingerprint density at radius 2 is 1.87 bits per heavy atom. The van der Waals surface area contributed by atoms with Crippen molar-refractivity contribution in [3.8, 4) is 0 Å². The van der Waals surface area contributed by atoms with Gasteiger partial charge in [0.25, 0.3) is 0 Å². The molecule has 1 heterocycles. The van der Waals surface area contributed by atoms with Gasteiger partial charge in [-0.05, 0) is 25.0 Å². The normalized spacial score (nSPS) is 11.2. The van der Waals surface area contributed by atoms with Crippen molar-refractivity contribution < 1.29 is 4.79 Å². The van der Waals surface area contributed by atoms with Crippen molar-refractivity contribution in [1.29, 1.82) is 0 Å². The SMILES string of the molecule is Cc1[nH]c2ccccc2c1/C=N/NC(=O)CCc1ccccc1. The fourth-order valence-electron chi connectivity index (χ4n) is 2.59. The van der Waals surface area contributed by atoms with Crippen molar-refractivity contribution in [2.24, 2.45) is 5.10 Å². The van der Waals surface area contributed by atoms with Crippen LogP contribution < -0.4 is 5.43 Å². The second-order valence-corrected chi connectivity index (χ2v) is 5.49. The Morgan fingerprint density at radius 1 is 1.13 bits per heavy atom. The average Bonchev–Trinajstić information content (AvgIpc) is 2.90. The Bertz CT molecular complexity index is 834. The van der Waals surface area contributed by atoms with Crippen molar-refractivity contribution >= 4 is 23.0 Å². The topological polar surface area (TPSA) is 57.2 Å². The van der Waals surface area contributed by atoms with Crippen LogP contribution in [-0.4, -0.2) is 17.1 Å². The number of hydrogen-bond donors (Lipinski definition) is 2. The van der Waals surface area contributed by atoms with Crippen LogP contribution in [0.5, 0.6) is 0 Å². The molecule has 0 bridgehead atoms. The van der Waals surface area contributed by atoms with Gasteiger partial charge in [-0.25, -0.2) is 5.43 Å². The molecular formula is C19H19N3O. The van der Waals surface area contributed by atoms with Gasteiger partial charge < -0.3 is 4.98 Å². The summed E-state index contributed by atoms with van der Waals surface area (Å²) in [5.41, 5.74) is 6.86. The van der Waals surface area contributed by atoms with Gasteiger partial charge in [0.2, 0.25) is 5.91 Å². The largest absolute Gasteiger partial charge is 0.358 e. The van der Waals surface area contributed by atoms with E-state index in [4.69, 9.17) is 0 Å². The number of H-pyrrole nitrogens is 1. The van der Waals surface area contributed by atoms with E-state index in [0.29, 0.717) is 12.8 Å². The quantitative estimate of drug-likeness (QED) is 0.549. The molecular weight excluding hydrogens is 286 g/mol. The van der Waals surface area contributed by atoms with Crippen LogP contribution in [0.2, 0.25) is 0 Å². The van der Waals surface area contributed by atoms with E-state index in [2.05, 4.69) is 15.5 Å². The Balaban J connectivity index is 1.60. The molecule has 3 rings (SSSR count). The lowest BCUT2D eigenvalue weighted by Gasteiger charge is -2.00. The van der Waals surface area contributed by atoms with Gasteiger partial charge in [0.05, 0.1) is 6.21 Å². The molecule has 2 N–H and O–H groups in total. The molecule has 0 saturated carbocycles. The Labute approximate surface area is 135 Å². The fraction of sp³-hybridized carbons (Fsp3) is 0.158. The van der Waals surface area contributed by atoms with Crippen molar-refractivity contribution in [3.63, 3.8) is 0 Å². The van der Waals surface area contributed by atoms with Gasteiger partial charge >= 0.3 is 0 Å². The van der Waals surface area contributed by atoms with Gasteiger partial charge in [0, 0.05) is 28.6 Å². The molecule has 1 amide bonds. The number of nitrogens with one attached hydrogen (secondary N) is 2. The molecule has 23 heavy (non-hydrogen) atoms. The number of benzene rings is 2. The molecule has 2 aromatic carbocycles. The molecule has 3 aromatic rings. The third kappa shape index (κ3) is 3.66. The van der Waals surface area contributed by atoms with Crippen molar-refractivity contribution in [2.75, 3.05) is 0 Å². The summed E-state index contributed by atoms with van der Waals surface area (Å²) in [6, 6.07) is 18.0. The number of aromatic nitrogens is 1. The third-order valence-corrected chi connectivity index (χ3v) is 3.81. The van der Waals surface area contributed by atoms with Crippen LogP contribution in [0, 0.1) is 6.92 Å². The second kappa shape index (κ2) is 6.92. The van der Waals surface area contributed by atoms with Crippen LogP contribution in [0.3, 0.4) is 0 Å². The maximum atomic E-state index is 11.9. The minimum Gasteiger partial charge on any atom is -0.358 e. The number of amides is 1. The van der Waals surface area contributed by atoms with Crippen LogP contribution in [-0.2, 0) is 11.2 Å². The number of carbonyl (C=O) groups excluding carboxylic acids is 1. The Hall–Kier alpha value is -2.88. The van der Waals surface area contributed by atoms with Gasteiger partial charge in [-0.1, -0.05) is 48.5 Å². The van der Waals surface area contributed by atoms with Gasteiger partial charge in [0.15, 0.2) is 0 Å². The zero-order chi connectivity index (χ0) is 16.1. The standard InChI is InChI=1S/C19H19N3O/c1-14-17(16-9-5-6-10-18(16)21-14)13-20-22-19(23)12-11-15-7-3-2-4-8-15/h2-10,13,21H,11-12H2,1H3,(H,22,23)/b20-13+. The van der Waals surface area contributed by atoms with E-state index in [1.54, 1.807) is 6.21 Å². The van der Waals surface area contributed by atoms with Gasteiger partial charge in [-0.3, -0.25) is 4.79 Å². The van der Waals surface area contributed by atoms with Crippen LogP contribution in [0.25, 0.3) is 10.9 Å². The molecule has 0 fully saturated rings. The Kier molecular flexibility index (Phi) is 4.52. The first-order chi connectivity index (χ1) is 11.2. The highest BCUT2D eigenvalue weighted by molar-refractivity contribution is 6.00.